The summed E-state index contributed by atoms with van der Waals surface area (Å²) in [5.74, 6) is 2.98. The lowest BCUT2D eigenvalue weighted by molar-refractivity contribution is 0.173. The minimum Gasteiger partial charge on any atom is -0.493 e. The van der Waals surface area contributed by atoms with E-state index in [1.165, 1.54) is 85.6 Å². The maximum absolute atomic E-state index is 6.44. The summed E-state index contributed by atoms with van der Waals surface area (Å²) in [6, 6.07) is 14.2. The van der Waals surface area contributed by atoms with Gasteiger partial charge in [-0.25, -0.2) is 0 Å². The van der Waals surface area contributed by atoms with Gasteiger partial charge in [0.25, 0.3) is 0 Å². The molecule has 2 aromatic rings. The van der Waals surface area contributed by atoms with Gasteiger partial charge in [-0.3, -0.25) is 0 Å². The third-order valence-corrected chi connectivity index (χ3v) is 9.43. The average Bonchev–Trinajstić information content (AvgIpc) is 2.91. The van der Waals surface area contributed by atoms with Crippen molar-refractivity contribution in [1.29, 1.82) is 0 Å². The molecule has 0 saturated heterocycles. The highest BCUT2D eigenvalue weighted by Crippen LogP contribution is 2.36. The minimum atomic E-state index is 0.428. The molecule has 0 aromatic heterocycles. The number of hydrogen-bond acceptors (Lipinski definition) is 1. The monoisotopic (exact) mass is 476 g/mol. The van der Waals surface area contributed by atoms with E-state index in [0.717, 1.165) is 43.5 Å². The number of ether oxygens (including phenoxy) is 1. The summed E-state index contributed by atoms with van der Waals surface area (Å²) < 4.78 is 6.44. The molecule has 0 unspecified atom stereocenters. The van der Waals surface area contributed by atoms with Crippen LogP contribution >= 0.6 is 0 Å². The van der Waals surface area contributed by atoms with Gasteiger partial charge in [-0.1, -0.05) is 111 Å². The van der Waals surface area contributed by atoms with Crippen LogP contribution < -0.4 is 4.74 Å². The molecule has 0 bridgehead atoms. The molecule has 0 radical (unpaired) electrons. The molecule has 35 heavy (non-hydrogen) atoms. The highest BCUT2D eigenvalue weighted by atomic mass is 16.5. The summed E-state index contributed by atoms with van der Waals surface area (Å²) in [5, 5.41) is 0. The van der Waals surface area contributed by atoms with Gasteiger partial charge in [0, 0.05) is 0 Å². The van der Waals surface area contributed by atoms with E-state index in [9.17, 15) is 0 Å². The first-order chi connectivity index (χ1) is 17.0. The third kappa shape index (κ3) is 7.37. The van der Waals surface area contributed by atoms with Crippen LogP contribution in [0, 0.1) is 17.3 Å². The summed E-state index contributed by atoms with van der Waals surface area (Å²) in [4.78, 5) is 0. The Hall–Kier alpha value is -1.76. The summed E-state index contributed by atoms with van der Waals surface area (Å²) in [5.41, 5.74) is 7.39. The molecule has 1 fully saturated rings. The van der Waals surface area contributed by atoms with Crippen molar-refractivity contribution >= 4 is 0 Å². The number of hydrogen-bond donors (Lipinski definition) is 0. The van der Waals surface area contributed by atoms with Crippen LogP contribution in [0.5, 0.6) is 5.75 Å². The van der Waals surface area contributed by atoms with Crippen LogP contribution in [0.1, 0.15) is 116 Å². The lowest BCUT2D eigenvalue weighted by atomic mass is 9.77. The Morgan fingerprint density at radius 1 is 0.800 bits per heavy atom. The summed E-state index contributed by atoms with van der Waals surface area (Å²) >= 11 is 0. The molecule has 1 aliphatic rings. The van der Waals surface area contributed by atoms with Crippen molar-refractivity contribution in [2.24, 2.45) is 17.3 Å². The van der Waals surface area contributed by atoms with E-state index in [-0.39, 0.29) is 0 Å². The SMILES string of the molecule is CCc1cc(-c2ccc(CCC3CCC(C)CC3)cc2)c(CC)cc1OCCC(CC)(CC)CC. The molecule has 0 spiro atoms. The van der Waals surface area contributed by atoms with Gasteiger partial charge >= 0.3 is 0 Å². The molecule has 1 aliphatic carbocycles. The second kappa shape index (κ2) is 13.5. The van der Waals surface area contributed by atoms with Crippen LogP contribution in [0.2, 0.25) is 0 Å². The van der Waals surface area contributed by atoms with Crippen LogP contribution in [0.3, 0.4) is 0 Å². The average molecular weight is 477 g/mol. The molecule has 0 aliphatic heterocycles. The second-order valence-corrected chi connectivity index (χ2v) is 11.3. The fraction of sp³-hybridized carbons (Fsp3) is 0.647. The van der Waals surface area contributed by atoms with Crippen molar-refractivity contribution in [2.75, 3.05) is 6.61 Å². The Kier molecular flexibility index (Phi) is 10.7. The molecule has 1 heteroatoms. The van der Waals surface area contributed by atoms with Gasteiger partial charge in [-0.15, -0.1) is 0 Å². The van der Waals surface area contributed by atoms with Gasteiger partial charge in [0.15, 0.2) is 0 Å². The van der Waals surface area contributed by atoms with Crippen molar-refractivity contribution < 1.29 is 4.74 Å². The molecule has 3 rings (SSSR count). The highest BCUT2D eigenvalue weighted by molar-refractivity contribution is 5.70. The van der Waals surface area contributed by atoms with Crippen molar-refractivity contribution in [3.63, 3.8) is 0 Å². The molecule has 0 N–H and O–H groups in total. The topological polar surface area (TPSA) is 9.23 Å². The third-order valence-electron chi connectivity index (χ3n) is 9.43. The largest absolute Gasteiger partial charge is 0.493 e. The summed E-state index contributed by atoms with van der Waals surface area (Å²) in [6.45, 7) is 14.7. The second-order valence-electron chi connectivity index (χ2n) is 11.3. The molecule has 0 heterocycles. The van der Waals surface area contributed by atoms with Crippen molar-refractivity contribution in [3.05, 3.63) is 53.1 Å². The van der Waals surface area contributed by atoms with Crippen molar-refractivity contribution in [2.45, 2.75) is 119 Å². The van der Waals surface area contributed by atoms with E-state index in [1.54, 1.807) is 0 Å². The van der Waals surface area contributed by atoms with Gasteiger partial charge < -0.3 is 4.74 Å². The van der Waals surface area contributed by atoms with Gasteiger partial charge in [0.1, 0.15) is 5.75 Å². The molecule has 1 nitrogen and oxygen atoms in total. The zero-order valence-electron chi connectivity index (χ0n) is 23.7. The zero-order chi connectivity index (χ0) is 25.3. The first kappa shape index (κ1) is 27.8. The van der Waals surface area contributed by atoms with Crippen molar-refractivity contribution in [3.8, 4) is 16.9 Å². The van der Waals surface area contributed by atoms with E-state index in [1.807, 2.05) is 0 Å². The molecule has 0 atom stereocenters. The predicted octanol–water partition coefficient (Wildman–Crippen LogP) is 10.2. The Morgan fingerprint density at radius 3 is 2.00 bits per heavy atom. The predicted molar refractivity (Wildman–Crippen MR) is 153 cm³/mol. The van der Waals surface area contributed by atoms with E-state index in [0.29, 0.717) is 5.41 Å². The summed E-state index contributed by atoms with van der Waals surface area (Å²) in [7, 11) is 0. The first-order valence-corrected chi connectivity index (χ1v) is 14.8. The first-order valence-electron chi connectivity index (χ1n) is 14.8. The maximum Gasteiger partial charge on any atom is 0.122 e. The summed E-state index contributed by atoms with van der Waals surface area (Å²) in [6.07, 6.45) is 15.2. The lowest BCUT2D eigenvalue weighted by Gasteiger charge is -2.30. The molecule has 0 amide bonds. The number of aryl methyl sites for hydroxylation is 3. The van der Waals surface area contributed by atoms with Gasteiger partial charge in [-0.2, -0.15) is 0 Å². The van der Waals surface area contributed by atoms with E-state index >= 15 is 0 Å². The fourth-order valence-electron chi connectivity index (χ4n) is 6.14. The van der Waals surface area contributed by atoms with Gasteiger partial charge in [0.2, 0.25) is 0 Å². The van der Waals surface area contributed by atoms with Gasteiger partial charge in [0.05, 0.1) is 6.61 Å². The molecule has 2 aromatic carbocycles. The van der Waals surface area contributed by atoms with Crippen LogP contribution in [-0.4, -0.2) is 6.61 Å². The van der Waals surface area contributed by atoms with Gasteiger partial charge in [-0.05, 0) is 89.3 Å². The number of rotatable bonds is 13. The quantitative estimate of drug-likeness (QED) is 0.279. The van der Waals surface area contributed by atoms with Crippen LogP contribution in [0.25, 0.3) is 11.1 Å². The molecule has 1 saturated carbocycles. The van der Waals surface area contributed by atoms with Crippen LogP contribution in [0.4, 0.5) is 0 Å². The number of benzene rings is 2. The van der Waals surface area contributed by atoms with E-state index < -0.39 is 0 Å². The van der Waals surface area contributed by atoms with Crippen LogP contribution in [-0.2, 0) is 19.3 Å². The standard InChI is InChI=1S/C34H52O/c1-7-29-25-33(35-23-22-34(9-3,10-4)11-5)30(8-2)24-32(29)31-20-18-28(19-21-31)17-16-27-14-12-26(6)13-15-27/h18-21,24-27H,7-17,22-23H2,1-6H3. The Labute approximate surface area is 217 Å². The smallest absolute Gasteiger partial charge is 0.122 e. The van der Waals surface area contributed by atoms with E-state index in [2.05, 4.69) is 77.9 Å². The molecular weight excluding hydrogens is 424 g/mol. The Bertz CT molecular complexity index is 873. The Morgan fingerprint density at radius 2 is 1.43 bits per heavy atom. The zero-order valence-corrected chi connectivity index (χ0v) is 23.7. The molecular formula is C34H52O. The normalized spacial score (nSPS) is 18.6. The Balaban J connectivity index is 1.68. The van der Waals surface area contributed by atoms with E-state index in [4.69, 9.17) is 4.74 Å². The highest BCUT2D eigenvalue weighted by Gasteiger charge is 2.24. The van der Waals surface area contributed by atoms with Crippen molar-refractivity contribution in [1.82, 2.24) is 0 Å². The van der Waals surface area contributed by atoms with Crippen LogP contribution in [0.15, 0.2) is 36.4 Å². The maximum atomic E-state index is 6.44. The lowest BCUT2D eigenvalue weighted by Crippen LogP contribution is -2.21. The molecule has 194 valence electrons. The fourth-order valence-corrected chi connectivity index (χ4v) is 6.14. The minimum absolute atomic E-state index is 0.428.